The molecule has 0 aliphatic rings. The second-order valence-corrected chi connectivity index (χ2v) is 5.46. The molecule has 106 valence electrons. The van der Waals surface area contributed by atoms with Gasteiger partial charge in [0.25, 0.3) is 0 Å². The number of hydrogen-bond acceptors (Lipinski definition) is 5. The van der Waals surface area contributed by atoms with Crippen molar-refractivity contribution in [2.75, 3.05) is 13.7 Å². The quantitative estimate of drug-likeness (QED) is 0.804. The number of nitrogens with zero attached hydrogens (tertiary/aromatic N) is 2. The van der Waals surface area contributed by atoms with E-state index in [1.54, 1.807) is 7.11 Å². The first-order valence-electron chi connectivity index (χ1n) is 6.10. The molecule has 5 nitrogen and oxygen atoms in total. The van der Waals surface area contributed by atoms with Gasteiger partial charge in [-0.1, -0.05) is 12.2 Å². The smallest absolute Gasteiger partial charge is 0.244 e. The lowest BCUT2D eigenvalue weighted by molar-refractivity contribution is 0.00498. The van der Waals surface area contributed by atoms with Gasteiger partial charge in [-0.2, -0.15) is 5.10 Å². The number of rotatable bonds is 6. The number of ether oxygens (including phenoxy) is 2. The van der Waals surface area contributed by atoms with E-state index in [2.05, 4.69) is 10.2 Å². The lowest BCUT2D eigenvalue weighted by Crippen LogP contribution is -2.26. The molecule has 0 radical (unpaired) electrons. The summed E-state index contributed by atoms with van der Waals surface area (Å²) in [5.41, 5.74) is 7.86. The molecule has 1 rings (SSSR count). The van der Waals surface area contributed by atoms with Crippen LogP contribution >= 0.6 is 12.2 Å². The highest BCUT2D eigenvalue weighted by atomic mass is 32.1. The molecule has 0 aliphatic carbocycles. The molecule has 0 saturated heterocycles. The fraction of sp³-hybridized carbons (Fsp3) is 0.615. The van der Waals surface area contributed by atoms with Crippen LogP contribution in [-0.2, 0) is 4.74 Å². The minimum absolute atomic E-state index is 0.240. The first-order valence-corrected chi connectivity index (χ1v) is 6.51. The van der Waals surface area contributed by atoms with E-state index in [1.165, 1.54) is 0 Å². The number of hydrogen-bond donors (Lipinski definition) is 1. The Morgan fingerprint density at radius 3 is 2.47 bits per heavy atom. The monoisotopic (exact) mass is 283 g/mol. The molecule has 1 aromatic heterocycles. The molecule has 0 unspecified atom stereocenters. The van der Waals surface area contributed by atoms with Crippen molar-refractivity contribution in [3.05, 3.63) is 16.8 Å². The van der Waals surface area contributed by atoms with Crippen molar-refractivity contribution < 1.29 is 9.47 Å². The summed E-state index contributed by atoms with van der Waals surface area (Å²) < 4.78 is 11.0. The van der Waals surface area contributed by atoms with Crippen molar-refractivity contribution in [3.8, 4) is 5.88 Å². The zero-order chi connectivity index (χ0) is 14.6. The van der Waals surface area contributed by atoms with Crippen molar-refractivity contribution in [3.63, 3.8) is 0 Å². The largest absolute Gasteiger partial charge is 0.476 e. The van der Waals surface area contributed by atoms with E-state index in [9.17, 15) is 0 Å². The second kappa shape index (κ2) is 6.25. The highest BCUT2D eigenvalue weighted by Crippen LogP contribution is 2.21. The van der Waals surface area contributed by atoms with Crippen LogP contribution in [0.1, 0.15) is 37.1 Å². The summed E-state index contributed by atoms with van der Waals surface area (Å²) in [7, 11) is 1.68. The fourth-order valence-corrected chi connectivity index (χ4v) is 1.71. The SMILES string of the molecule is COC(C)(C)CCOc1nnc(C)c(C)c1C(N)=S. The van der Waals surface area contributed by atoms with E-state index in [4.69, 9.17) is 27.4 Å². The Hall–Kier alpha value is -1.27. The van der Waals surface area contributed by atoms with Gasteiger partial charge in [-0.15, -0.1) is 5.10 Å². The van der Waals surface area contributed by atoms with E-state index in [0.29, 0.717) is 18.1 Å². The second-order valence-electron chi connectivity index (χ2n) is 5.02. The van der Waals surface area contributed by atoms with E-state index >= 15 is 0 Å². The molecule has 0 saturated carbocycles. The molecule has 1 aromatic rings. The Balaban J connectivity index is 2.85. The van der Waals surface area contributed by atoms with Crippen LogP contribution in [0.4, 0.5) is 0 Å². The van der Waals surface area contributed by atoms with Crippen LogP contribution in [-0.4, -0.2) is 34.5 Å². The lowest BCUT2D eigenvalue weighted by atomic mass is 10.1. The topological polar surface area (TPSA) is 70.3 Å². The molecule has 0 aromatic carbocycles. The molecule has 0 bridgehead atoms. The molecular weight excluding hydrogens is 262 g/mol. The van der Waals surface area contributed by atoms with Crippen molar-refractivity contribution in [2.45, 2.75) is 39.7 Å². The predicted molar refractivity (Wildman–Crippen MR) is 78.6 cm³/mol. The molecule has 1 heterocycles. The maximum absolute atomic E-state index is 5.73. The van der Waals surface area contributed by atoms with Crippen molar-refractivity contribution in [2.24, 2.45) is 5.73 Å². The molecule has 19 heavy (non-hydrogen) atoms. The Morgan fingerprint density at radius 2 is 1.95 bits per heavy atom. The van der Waals surface area contributed by atoms with Crippen LogP contribution in [0, 0.1) is 13.8 Å². The minimum atomic E-state index is -0.240. The minimum Gasteiger partial charge on any atom is -0.476 e. The summed E-state index contributed by atoms with van der Waals surface area (Å²) in [4.78, 5) is 0.275. The van der Waals surface area contributed by atoms with Gasteiger partial charge in [-0.3, -0.25) is 0 Å². The van der Waals surface area contributed by atoms with Crippen LogP contribution in [0.5, 0.6) is 5.88 Å². The standard InChI is InChI=1S/C13H21N3O2S/c1-8-9(2)15-16-12(10(8)11(14)19)18-7-6-13(3,4)17-5/h6-7H2,1-5H3,(H2,14,19). The van der Waals surface area contributed by atoms with Crippen molar-refractivity contribution >= 4 is 17.2 Å². The summed E-state index contributed by atoms with van der Waals surface area (Å²) in [5, 5.41) is 8.06. The van der Waals surface area contributed by atoms with Gasteiger partial charge in [0.15, 0.2) is 0 Å². The van der Waals surface area contributed by atoms with E-state index in [0.717, 1.165) is 17.7 Å². The molecule has 0 fully saturated rings. The fourth-order valence-electron chi connectivity index (χ4n) is 1.47. The van der Waals surface area contributed by atoms with Crippen LogP contribution in [0.3, 0.4) is 0 Å². The summed E-state index contributed by atoms with van der Waals surface area (Å²) in [6, 6.07) is 0. The molecule has 2 N–H and O–H groups in total. The van der Waals surface area contributed by atoms with Gasteiger partial charge in [0.1, 0.15) is 4.99 Å². The Morgan fingerprint density at radius 1 is 1.32 bits per heavy atom. The van der Waals surface area contributed by atoms with E-state index < -0.39 is 0 Å². The number of nitrogens with two attached hydrogens (primary N) is 1. The van der Waals surface area contributed by atoms with Crippen LogP contribution < -0.4 is 10.5 Å². The van der Waals surface area contributed by atoms with Gasteiger partial charge in [0.2, 0.25) is 5.88 Å². The van der Waals surface area contributed by atoms with E-state index in [-0.39, 0.29) is 10.6 Å². The molecule has 0 aliphatic heterocycles. The van der Waals surface area contributed by atoms with Gasteiger partial charge in [-0.25, -0.2) is 0 Å². The van der Waals surface area contributed by atoms with Gasteiger partial charge in [0, 0.05) is 13.5 Å². The van der Waals surface area contributed by atoms with Crippen LogP contribution in [0.2, 0.25) is 0 Å². The molecular formula is C13H21N3O2S. The first kappa shape index (κ1) is 15.8. The van der Waals surface area contributed by atoms with Gasteiger partial charge in [-0.05, 0) is 33.3 Å². The summed E-state index contributed by atoms with van der Waals surface area (Å²) >= 11 is 5.05. The summed E-state index contributed by atoms with van der Waals surface area (Å²) in [6.07, 6.45) is 0.731. The molecule has 0 atom stereocenters. The normalized spacial score (nSPS) is 11.4. The Labute approximate surface area is 119 Å². The highest BCUT2D eigenvalue weighted by Gasteiger charge is 2.19. The van der Waals surface area contributed by atoms with Crippen LogP contribution in [0.25, 0.3) is 0 Å². The average molecular weight is 283 g/mol. The lowest BCUT2D eigenvalue weighted by Gasteiger charge is -2.22. The third-order valence-electron chi connectivity index (χ3n) is 3.16. The maximum atomic E-state index is 5.73. The molecule has 6 heteroatoms. The number of aromatic nitrogens is 2. The molecule has 0 amide bonds. The van der Waals surface area contributed by atoms with Gasteiger partial charge in [0.05, 0.1) is 23.5 Å². The number of methoxy groups -OCH3 is 1. The average Bonchev–Trinajstić information content (AvgIpc) is 2.33. The van der Waals surface area contributed by atoms with Crippen molar-refractivity contribution in [1.29, 1.82) is 0 Å². The molecule has 0 spiro atoms. The van der Waals surface area contributed by atoms with Gasteiger partial charge < -0.3 is 15.2 Å². The summed E-state index contributed by atoms with van der Waals surface area (Å²) in [6.45, 7) is 8.23. The maximum Gasteiger partial charge on any atom is 0.244 e. The summed E-state index contributed by atoms with van der Waals surface area (Å²) in [5.74, 6) is 0.391. The highest BCUT2D eigenvalue weighted by molar-refractivity contribution is 7.80. The Kier molecular flexibility index (Phi) is 5.20. The number of thiocarbonyl (C=S) groups is 1. The zero-order valence-electron chi connectivity index (χ0n) is 12.1. The predicted octanol–water partition coefficient (Wildman–Crippen LogP) is 1.92. The third-order valence-corrected chi connectivity index (χ3v) is 3.37. The third kappa shape index (κ3) is 4.11. The Bertz CT molecular complexity index is 475. The van der Waals surface area contributed by atoms with Crippen LogP contribution in [0.15, 0.2) is 0 Å². The first-order chi connectivity index (χ1) is 8.78. The number of aryl methyl sites for hydroxylation is 1. The van der Waals surface area contributed by atoms with Crippen molar-refractivity contribution in [1.82, 2.24) is 10.2 Å². The van der Waals surface area contributed by atoms with Gasteiger partial charge >= 0.3 is 0 Å². The zero-order valence-corrected chi connectivity index (χ0v) is 12.9. The van der Waals surface area contributed by atoms with E-state index in [1.807, 2.05) is 27.7 Å².